The summed E-state index contributed by atoms with van der Waals surface area (Å²) in [5.74, 6) is -0.361. The van der Waals surface area contributed by atoms with Crippen LogP contribution in [0.2, 0.25) is 0 Å². The molecule has 5 heteroatoms. The van der Waals surface area contributed by atoms with Crippen LogP contribution in [0.15, 0.2) is 0 Å². The van der Waals surface area contributed by atoms with Crippen LogP contribution in [0.4, 0.5) is 5.00 Å². The fraction of sp³-hybridized carbons (Fsp3) is 0.625. The summed E-state index contributed by atoms with van der Waals surface area (Å²) < 4.78 is 5.16. The number of hydrogen-bond donors (Lipinski definition) is 1. The molecule has 0 saturated carbocycles. The molecule has 1 aliphatic rings. The molecule has 1 atom stereocenters. The third kappa shape index (κ3) is 3.46. The van der Waals surface area contributed by atoms with Gasteiger partial charge in [-0.15, -0.1) is 11.3 Å². The largest absolute Gasteiger partial charge is 0.462 e. The van der Waals surface area contributed by atoms with Gasteiger partial charge < -0.3 is 10.1 Å². The van der Waals surface area contributed by atoms with Gasteiger partial charge in [0, 0.05) is 10.8 Å². The lowest BCUT2D eigenvalue weighted by Crippen LogP contribution is -2.21. The summed E-state index contributed by atoms with van der Waals surface area (Å²) in [6, 6.07) is 0. The van der Waals surface area contributed by atoms with Crippen molar-refractivity contribution in [3.8, 4) is 0 Å². The Balaban J connectivity index is 2.23. The average molecular weight is 309 g/mol. The molecule has 1 N–H and O–H groups in total. The van der Waals surface area contributed by atoms with E-state index < -0.39 is 0 Å². The fourth-order valence-corrected chi connectivity index (χ4v) is 3.99. The zero-order valence-corrected chi connectivity index (χ0v) is 13.8. The molecule has 4 nitrogen and oxygen atoms in total. The van der Waals surface area contributed by atoms with Crippen molar-refractivity contribution in [2.75, 3.05) is 11.9 Å². The molecule has 116 valence electrons. The molecule has 21 heavy (non-hydrogen) atoms. The van der Waals surface area contributed by atoms with Gasteiger partial charge in [-0.05, 0) is 38.2 Å². The van der Waals surface area contributed by atoms with E-state index in [2.05, 4.69) is 12.2 Å². The molecule has 1 aromatic heterocycles. The minimum Gasteiger partial charge on any atom is -0.462 e. The van der Waals surface area contributed by atoms with E-state index >= 15 is 0 Å². The van der Waals surface area contributed by atoms with Crippen LogP contribution < -0.4 is 5.32 Å². The van der Waals surface area contributed by atoms with Crippen molar-refractivity contribution in [2.45, 2.75) is 52.9 Å². The first-order valence-corrected chi connectivity index (χ1v) is 8.52. The minimum atomic E-state index is -0.310. The molecule has 0 saturated heterocycles. The van der Waals surface area contributed by atoms with Crippen LogP contribution in [-0.2, 0) is 22.4 Å². The fourth-order valence-electron chi connectivity index (χ4n) is 2.71. The monoisotopic (exact) mass is 309 g/mol. The molecule has 0 bridgehead atoms. The SMILES string of the molecule is CCCC(C)C(=O)Nc1sc2c(c1C(=O)OCC)CCC2. The number of fused-ring (bicyclic) bond motifs is 1. The van der Waals surface area contributed by atoms with E-state index in [1.165, 1.54) is 16.2 Å². The van der Waals surface area contributed by atoms with Crippen LogP contribution >= 0.6 is 11.3 Å². The molecule has 1 heterocycles. The molecular weight excluding hydrogens is 286 g/mol. The van der Waals surface area contributed by atoms with Crippen LogP contribution in [-0.4, -0.2) is 18.5 Å². The van der Waals surface area contributed by atoms with Crippen LogP contribution in [0, 0.1) is 5.92 Å². The molecule has 1 amide bonds. The summed E-state index contributed by atoms with van der Waals surface area (Å²) in [7, 11) is 0. The van der Waals surface area contributed by atoms with Gasteiger partial charge in [0.25, 0.3) is 0 Å². The molecule has 2 rings (SSSR count). The first-order valence-electron chi connectivity index (χ1n) is 7.70. The number of amides is 1. The van der Waals surface area contributed by atoms with Crippen molar-refractivity contribution in [3.63, 3.8) is 0 Å². The Morgan fingerprint density at radius 2 is 2.10 bits per heavy atom. The summed E-state index contributed by atoms with van der Waals surface area (Å²) >= 11 is 1.53. The minimum absolute atomic E-state index is 0.0117. The maximum atomic E-state index is 12.2. The van der Waals surface area contributed by atoms with Gasteiger partial charge in [-0.1, -0.05) is 20.3 Å². The van der Waals surface area contributed by atoms with Gasteiger partial charge in [-0.3, -0.25) is 4.79 Å². The predicted molar refractivity (Wildman–Crippen MR) is 85.0 cm³/mol. The second-order valence-corrected chi connectivity index (χ2v) is 6.57. The standard InChI is InChI=1S/C16H23NO3S/c1-4-7-10(3)14(18)17-15-13(16(19)20-5-2)11-8-6-9-12(11)21-15/h10H,4-9H2,1-3H3,(H,17,18). The highest BCUT2D eigenvalue weighted by atomic mass is 32.1. The maximum Gasteiger partial charge on any atom is 0.341 e. The van der Waals surface area contributed by atoms with Crippen LogP contribution in [0.25, 0.3) is 0 Å². The van der Waals surface area contributed by atoms with Gasteiger partial charge >= 0.3 is 5.97 Å². The third-order valence-corrected chi connectivity index (χ3v) is 5.01. The molecule has 0 aromatic carbocycles. The van der Waals surface area contributed by atoms with Crippen molar-refractivity contribution in [2.24, 2.45) is 5.92 Å². The number of anilines is 1. The zero-order chi connectivity index (χ0) is 15.4. The number of nitrogens with one attached hydrogen (secondary N) is 1. The summed E-state index contributed by atoms with van der Waals surface area (Å²) in [4.78, 5) is 25.6. The zero-order valence-electron chi connectivity index (χ0n) is 13.0. The lowest BCUT2D eigenvalue weighted by molar-refractivity contribution is -0.119. The Labute approximate surface area is 129 Å². The Morgan fingerprint density at radius 3 is 2.76 bits per heavy atom. The first kappa shape index (κ1) is 16.0. The van der Waals surface area contributed by atoms with Gasteiger partial charge in [0.15, 0.2) is 0 Å². The second-order valence-electron chi connectivity index (χ2n) is 5.46. The summed E-state index contributed by atoms with van der Waals surface area (Å²) in [6.45, 7) is 6.13. The lowest BCUT2D eigenvalue weighted by atomic mass is 10.1. The number of thiophene rings is 1. The number of carbonyl (C=O) groups is 2. The normalized spacial score (nSPS) is 14.6. The Hall–Kier alpha value is -1.36. The van der Waals surface area contributed by atoms with Crippen molar-refractivity contribution in [1.29, 1.82) is 0 Å². The van der Waals surface area contributed by atoms with Crippen LogP contribution in [0.5, 0.6) is 0 Å². The van der Waals surface area contributed by atoms with E-state index in [1.54, 1.807) is 6.92 Å². The molecule has 1 aromatic rings. The van der Waals surface area contributed by atoms with Gasteiger partial charge in [0.05, 0.1) is 12.2 Å². The number of esters is 1. The van der Waals surface area contributed by atoms with E-state index in [9.17, 15) is 9.59 Å². The van der Waals surface area contributed by atoms with E-state index in [0.29, 0.717) is 17.2 Å². The van der Waals surface area contributed by atoms with Crippen molar-refractivity contribution in [3.05, 3.63) is 16.0 Å². The second kappa shape index (κ2) is 7.07. The molecule has 1 unspecified atom stereocenters. The predicted octanol–water partition coefficient (Wildman–Crippen LogP) is 3.79. The average Bonchev–Trinajstić information content (AvgIpc) is 2.99. The summed E-state index contributed by atoms with van der Waals surface area (Å²) in [5, 5.41) is 3.61. The maximum absolute atomic E-state index is 12.2. The van der Waals surface area contributed by atoms with Gasteiger partial charge in [-0.2, -0.15) is 0 Å². The Bertz CT molecular complexity index is 536. The highest BCUT2D eigenvalue weighted by Crippen LogP contribution is 2.39. The highest BCUT2D eigenvalue weighted by molar-refractivity contribution is 7.17. The number of hydrogen-bond acceptors (Lipinski definition) is 4. The highest BCUT2D eigenvalue weighted by Gasteiger charge is 2.28. The third-order valence-electron chi connectivity index (χ3n) is 3.81. The number of ether oxygens (including phenoxy) is 1. The van der Waals surface area contributed by atoms with Crippen LogP contribution in [0.1, 0.15) is 60.8 Å². The molecule has 0 fully saturated rings. The first-order chi connectivity index (χ1) is 10.1. The number of rotatable bonds is 6. The van der Waals surface area contributed by atoms with Crippen molar-refractivity contribution >= 4 is 28.2 Å². The summed E-state index contributed by atoms with van der Waals surface area (Å²) in [5.41, 5.74) is 1.67. The lowest BCUT2D eigenvalue weighted by Gasteiger charge is -2.12. The van der Waals surface area contributed by atoms with Gasteiger partial charge in [0.2, 0.25) is 5.91 Å². The topological polar surface area (TPSA) is 55.4 Å². The molecular formula is C16H23NO3S. The Kier molecular flexibility index (Phi) is 5.39. The van der Waals surface area contributed by atoms with Gasteiger partial charge in [0.1, 0.15) is 5.00 Å². The van der Waals surface area contributed by atoms with Gasteiger partial charge in [-0.25, -0.2) is 4.79 Å². The number of aryl methyl sites for hydroxylation is 1. The van der Waals surface area contributed by atoms with Crippen molar-refractivity contribution < 1.29 is 14.3 Å². The van der Waals surface area contributed by atoms with E-state index in [1.807, 2.05) is 6.92 Å². The Morgan fingerprint density at radius 1 is 1.33 bits per heavy atom. The molecule has 0 aliphatic heterocycles. The molecule has 0 radical (unpaired) electrons. The van der Waals surface area contributed by atoms with Crippen molar-refractivity contribution in [1.82, 2.24) is 0 Å². The smallest absolute Gasteiger partial charge is 0.341 e. The van der Waals surface area contributed by atoms with E-state index in [4.69, 9.17) is 4.74 Å². The quantitative estimate of drug-likeness (QED) is 0.813. The molecule has 1 aliphatic carbocycles. The molecule has 0 spiro atoms. The van der Waals surface area contributed by atoms with E-state index in [0.717, 1.165) is 37.7 Å². The van der Waals surface area contributed by atoms with E-state index in [-0.39, 0.29) is 17.8 Å². The number of carbonyl (C=O) groups excluding carboxylic acids is 2. The van der Waals surface area contributed by atoms with Crippen LogP contribution in [0.3, 0.4) is 0 Å². The summed E-state index contributed by atoms with van der Waals surface area (Å²) in [6.07, 6.45) is 4.80.